The average molecular weight is 294 g/mol. The second-order valence-electron chi connectivity index (χ2n) is 5.48. The van der Waals surface area contributed by atoms with Crippen LogP contribution in [0.1, 0.15) is 55.8 Å². The lowest BCUT2D eigenvalue weighted by atomic mass is 10.0. The van der Waals surface area contributed by atoms with Crippen LogP contribution in [0, 0.1) is 0 Å². The fourth-order valence-electron chi connectivity index (χ4n) is 2.98. The third-order valence-electron chi connectivity index (χ3n) is 4.13. The van der Waals surface area contributed by atoms with E-state index in [1.807, 2.05) is 6.07 Å². The standard InChI is InChI=1S/C16H22O3S/c1-2-15(16(17)13-9-5-3-6-10-13)20(18,19)14-11-7-4-8-12-14/h3,5-6,9-10,14-15H,2,4,7-8,11-12H2,1H3. The molecule has 2 rings (SSSR count). The molecule has 0 bridgehead atoms. The van der Waals surface area contributed by atoms with Gasteiger partial charge in [0, 0.05) is 5.56 Å². The first kappa shape index (κ1) is 15.2. The second kappa shape index (κ2) is 6.53. The summed E-state index contributed by atoms with van der Waals surface area (Å²) >= 11 is 0. The molecule has 1 aliphatic rings. The van der Waals surface area contributed by atoms with Crippen LogP contribution in [0.2, 0.25) is 0 Å². The van der Waals surface area contributed by atoms with Gasteiger partial charge in [0.25, 0.3) is 0 Å². The van der Waals surface area contributed by atoms with Crippen molar-refractivity contribution in [1.29, 1.82) is 0 Å². The van der Waals surface area contributed by atoms with Crippen molar-refractivity contribution < 1.29 is 13.2 Å². The molecule has 0 spiro atoms. The highest BCUT2D eigenvalue weighted by Crippen LogP contribution is 2.28. The number of benzene rings is 1. The Hall–Kier alpha value is -1.16. The monoisotopic (exact) mass is 294 g/mol. The van der Waals surface area contributed by atoms with E-state index in [0.717, 1.165) is 19.3 Å². The van der Waals surface area contributed by atoms with Crippen LogP contribution in [0.25, 0.3) is 0 Å². The van der Waals surface area contributed by atoms with Gasteiger partial charge in [0.2, 0.25) is 0 Å². The SMILES string of the molecule is CCC(C(=O)c1ccccc1)S(=O)(=O)C1CCCCC1. The molecule has 20 heavy (non-hydrogen) atoms. The molecule has 0 aromatic heterocycles. The highest BCUT2D eigenvalue weighted by molar-refractivity contribution is 7.93. The van der Waals surface area contributed by atoms with Gasteiger partial charge in [-0.3, -0.25) is 4.79 Å². The largest absolute Gasteiger partial charge is 0.293 e. The molecule has 1 atom stereocenters. The molecule has 1 unspecified atom stereocenters. The number of hydrogen-bond donors (Lipinski definition) is 0. The van der Waals surface area contributed by atoms with E-state index in [1.54, 1.807) is 31.2 Å². The van der Waals surface area contributed by atoms with Crippen LogP contribution < -0.4 is 0 Å². The molecule has 1 aromatic rings. The van der Waals surface area contributed by atoms with Gasteiger partial charge in [-0.1, -0.05) is 56.5 Å². The molecule has 0 aliphatic heterocycles. The number of Topliss-reactive ketones (excluding diaryl/α,β-unsaturated/α-hetero) is 1. The number of hydrogen-bond acceptors (Lipinski definition) is 3. The van der Waals surface area contributed by atoms with E-state index in [2.05, 4.69) is 0 Å². The topological polar surface area (TPSA) is 51.2 Å². The van der Waals surface area contributed by atoms with E-state index in [0.29, 0.717) is 24.8 Å². The molecule has 0 amide bonds. The predicted octanol–water partition coefficient (Wildman–Crippen LogP) is 3.40. The van der Waals surface area contributed by atoms with Crippen molar-refractivity contribution in [3.05, 3.63) is 35.9 Å². The number of carbonyl (C=O) groups is 1. The highest BCUT2D eigenvalue weighted by Gasteiger charge is 2.38. The summed E-state index contributed by atoms with van der Waals surface area (Å²) in [5, 5.41) is -1.21. The number of ketones is 1. The Kier molecular flexibility index (Phi) is 4.97. The van der Waals surface area contributed by atoms with Crippen molar-refractivity contribution in [2.75, 3.05) is 0 Å². The maximum Gasteiger partial charge on any atom is 0.180 e. The summed E-state index contributed by atoms with van der Waals surface area (Å²) in [4.78, 5) is 12.5. The van der Waals surface area contributed by atoms with Crippen molar-refractivity contribution in [1.82, 2.24) is 0 Å². The Morgan fingerprint density at radius 1 is 1.15 bits per heavy atom. The zero-order chi connectivity index (χ0) is 14.6. The average Bonchev–Trinajstić information content (AvgIpc) is 2.49. The van der Waals surface area contributed by atoms with Gasteiger partial charge in [-0.05, 0) is 19.3 Å². The minimum atomic E-state index is -3.37. The first-order valence-electron chi connectivity index (χ1n) is 7.39. The molecule has 3 nitrogen and oxygen atoms in total. The third-order valence-corrected chi connectivity index (χ3v) is 6.88. The minimum absolute atomic E-state index is 0.251. The van der Waals surface area contributed by atoms with Crippen LogP contribution in [0.15, 0.2) is 30.3 Å². The summed E-state index contributed by atoms with van der Waals surface area (Å²) in [6, 6.07) is 8.76. The predicted molar refractivity (Wildman–Crippen MR) is 80.6 cm³/mol. The molecule has 1 saturated carbocycles. The summed E-state index contributed by atoms with van der Waals surface area (Å²) in [6.45, 7) is 1.78. The maximum absolute atomic E-state index is 12.7. The molecule has 0 radical (unpaired) electrons. The summed E-state index contributed by atoms with van der Waals surface area (Å²) < 4.78 is 25.4. The van der Waals surface area contributed by atoms with Crippen LogP contribution in [0.4, 0.5) is 0 Å². The molecule has 0 N–H and O–H groups in total. The molecule has 110 valence electrons. The third kappa shape index (κ3) is 3.11. The van der Waals surface area contributed by atoms with Crippen molar-refractivity contribution in [2.24, 2.45) is 0 Å². The van der Waals surface area contributed by atoms with Crippen LogP contribution in [-0.2, 0) is 9.84 Å². The quantitative estimate of drug-likeness (QED) is 0.782. The van der Waals surface area contributed by atoms with Gasteiger partial charge in [0.05, 0.1) is 5.25 Å². The Bertz CT molecular complexity index is 542. The Morgan fingerprint density at radius 2 is 1.75 bits per heavy atom. The minimum Gasteiger partial charge on any atom is -0.293 e. The molecular weight excluding hydrogens is 272 g/mol. The van der Waals surface area contributed by atoms with Crippen LogP contribution >= 0.6 is 0 Å². The van der Waals surface area contributed by atoms with Gasteiger partial charge >= 0.3 is 0 Å². The van der Waals surface area contributed by atoms with Crippen molar-refractivity contribution in [3.63, 3.8) is 0 Å². The number of rotatable bonds is 5. The lowest BCUT2D eigenvalue weighted by molar-refractivity contribution is 0.0985. The summed E-state index contributed by atoms with van der Waals surface area (Å²) in [5.74, 6) is -0.251. The van der Waals surface area contributed by atoms with Gasteiger partial charge in [0.1, 0.15) is 5.25 Å². The van der Waals surface area contributed by atoms with Gasteiger partial charge < -0.3 is 0 Å². The molecule has 4 heteroatoms. The van der Waals surface area contributed by atoms with Gasteiger partial charge in [-0.25, -0.2) is 8.42 Å². The second-order valence-corrected chi connectivity index (χ2v) is 7.89. The number of sulfone groups is 1. The van der Waals surface area contributed by atoms with Gasteiger partial charge in [-0.15, -0.1) is 0 Å². The molecular formula is C16H22O3S. The Labute approximate surface area is 121 Å². The van der Waals surface area contributed by atoms with Crippen LogP contribution in [0.5, 0.6) is 0 Å². The van der Waals surface area contributed by atoms with Crippen LogP contribution in [0.3, 0.4) is 0 Å². The van der Waals surface area contributed by atoms with Crippen molar-refractivity contribution in [2.45, 2.75) is 55.9 Å². The maximum atomic E-state index is 12.7. The Morgan fingerprint density at radius 3 is 2.30 bits per heavy atom. The zero-order valence-electron chi connectivity index (χ0n) is 11.9. The Balaban J connectivity index is 2.25. The smallest absolute Gasteiger partial charge is 0.180 e. The normalized spacial score (nSPS) is 18.6. The van der Waals surface area contributed by atoms with E-state index >= 15 is 0 Å². The lowest BCUT2D eigenvalue weighted by Crippen LogP contribution is -2.38. The first-order valence-corrected chi connectivity index (χ1v) is 9.00. The zero-order valence-corrected chi connectivity index (χ0v) is 12.7. The summed E-state index contributed by atoms with van der Waals surface area (Å²) in [5.41, 5.74) is 0.499. The molecule has 1 fully saturated rings. The van der Waals surface area contributed by atoms with E-state index < -0.39 is 15.1 Å². The van der Waals surface area contributed by atoms with E-state index in [9.17, 15) is 13.2 Å². The van der Waals surface area contributed by atoms with Crippen LogP contribution in [-0.4, -0.2) is 24.7 Å². The first-order chi connectivity index (χ1) is 9.57. The van der Waals surface area contributed by atoms with E-state index in [-0.39, 0.29) is 11.0 Å². The van der Waals surface area contributed by atoms with Crippen molar-refractivity contribution in [3.8, 4) is 0 Å². The van der Waals surface area contributed by atoms with Gasteiger partial charge in [0.15, 0.2) is 15.6 Å². The summed E-state index contributed by atoms with van der Waals surface area (Å²) in [7, 11) is -3.37. The summed E-state index contributed by atoms with van der Waals surface area (Å²) in [6.07, 6.45) is 4.80. The fourth-order valence-corrected chi connectivity index (χ4v) is 5.34. The number of carbonyl (C=O) groups excluding carboxylic acids is 1. The highest BCUT2D eigenvalue weighted by atomic mass is 32.2. The molecule has 0 heterocycles. The molecule has 1 aliphatic carbocycles. The van der Waals surface area contributed by atoms with E-state index in [4.69, 9.17) is 0 Å². The van der Waals surface area contributed by atoms with Gasteiger partial charge in [-0.2, -0.15) is 0 Å². The molecule has 1 aromatic carbocycles. The molecule has 0 saturated heterocycles. The van der Waals surface area contributed by atoms with E-state index in [1.165, 1.54) is 0 Å². The van der Waals surface area contributed by atoms with Crippen molar-refractivity contribution >= 4 is 15.6 Å². The fraction of sp³-hybridized carbons (Fsp3) is 0.562. The lowest BCUT2D eigenvalue weighted by Gasteiger charge is -2.26.